The molecule has 1 saturated heterocycles. The number of nitrogens with zero attached hydrogens (tertiary/aromatic N) is 1. The highest BCUT2D eigenvalue weighted by molar-refractivity contribution is 7.89. The summed E-state index contributed by atoms with van der Waals surface area (Å²) in [5, 5.41) is 3.34. The molecule has 2 aliphatic rings. The molecule has 0 bridgehead atoms. The van der Waals surface area contributed by atoms with Crippen LogP contribution in [-0.4, -0.2) is 38.0 Å². The summed E-state index contributed by atoms with van der Waals surface area (Å²) < 4.78 is 33.2. The van der Waals surface area contributed by atoms with E-state index < -0.39 is 15.7 Å². The molecule has 0 radical (unpaired) electrons. The Morgan fingerprint density at radius 1 is 1.15 bits per heavy atom. The van der Waals surface area contributed by atoms with E-state index in [1.165, 1.54) is 0 Å². The number of anilines is 1. The van der Waals surface area contributed by atoms with Gasteiger partial charge in [0.25, 0.3) is 0 Å². The lowest BCUT2D eigenvalue weighted by atomic mass is 9.96. The lowest BCUT2D eigenvalue weighted by Crippen LogP contribution is -2.62. The minimum Gasteiger partial charge on any atom is -0.469 e. The van der Waals surface area contributed by atoms with E-state index in [0.29, 0.717) is 44.5 Å². The van der Waals surface area contributed by atoms with Gasteiger partial charge < -0.3 is 14.6 Å². The summed E-state index contributed by atoms with van der Waals surface area (Å²) in [6, 6.07) is 10.5. The van der Waals surface area contributed by atoms with Crippen LogP contribution in [0.4, 0.5) is 5.69 Å². The number of fused-ring (bicyclic) bond motifs is 1. The van der Waals surface area contributed by atoms with Crippen LogP contribution >= 0.6 is 0 Å². The summed E-state index contributed by atoms with van der Waals surface area (Å²) in [4.78, 5) is 14.5. The molecule has 0 aliphatic carbocycles. The monoisotopic (exact) mass is 375 g/mol. The van der Waals surface area contributed by atoms with E-state index in [2.05, 4.69) is 10.0 Å². The van der Waals surface area contributed by atoms with Gasteiger partial charge in [-0.1, -0.05) is 12.1 Å². The molecule has 1 amide bonds. The highest BCUT2D eigenvalue weighted by Crippen LogP contribution is 2.34. The van der Waals surface area contributed by atoms with E-state index in [4.69, 9.17) is 4.42 Å². The third-order valence-corrected chi connectivity index (χ3v) is 6.61. The van der Waals surface area contributed by atoms with Crippen molar-refractivity contribution in [1.29, 1.82) is 0 Å². The molecule has 2 aromatic rings. The molecule has 26 heavy (non-hydrogen) atoms. The van der Waals surface area contributed by atoms with E-state index in [0.717, 1.165) is 5.76 Å². The quantitative estimate of drug-likeness (QED) is 0.855. The van der Waals surface area contributed by atoms with Crippen molar-refractivity contribution in [3.8, 4) is 0 Å². The minimum atomic E-state index is -3.56. The Morgan fingerprint density at radius 2 is 1.92 bits per heavy atom. The Bertz CT molecular complexity index is 900. The van der Waals surface area contributed by atoms with Crippen molar-refractivity contribution in [2.24, 2.45) is 0 Å². The number of rotatable bonds is 3. The van der Waals surface area contributed by atoms with E-state index in [1.807, 2.05) is 18.2 Å². The van der Waals surface area contributed by atoms with Crippen molar-refractivity contribution in [2.75, 3.05) is 18.4 Å². The molecule has 4 rings (SSSR count). The second-order valence-electron chi connectivity index (χ2n) is 6.77. The van der Waals surface area contributed by atoms with Crippen LogP contribution in [0.15, 0.2) is 52.0 Å². The molecule has 1 spiro atoms. The summed E-state index contributed by atoms with van der Waals surface area (Å²) in [5.41, 5.74) is -0.117. The van der Waals surface area contributed by atoms with Crippen molar-refractivity contribution in [3.05, 3.63) is 48.4 Å². The summed E-state index contributed by atoms with van der Waals surface area (Å²) in [5.74, 6) is 0.862. The van der Waals surface area contributed by atoms with E-state index in [9.17, 15) is 13.2 Å². The van der Waals surface area contributed by atoms with Crippen LogP contribution in [0, 0.1) is 0 Å². The highest BCUT2D eigenvalue weighted by Gasteiger charge is 2.43. The number of furan rings is 1. The molecule has 0 atom stereocenters. The third-order valence-electron chi connectivity index (χ3n) is 5.02. The Kier molecular flexibility index (Phi) is 4.24. The number of amides is 1. The Morgan fingerprint density at radius 3 is 2.65 bits per heavy atom. The predicted octanol–water partition coefficient (Wildman–Crippen LogP) is 1.93. The van der Waals surface area contributed by atoms with E-state index in [-0.39, 0.29) is 10.8 Å². The number of carbonyl (C=O) groups is 1. The lowest BCUT2D eigenvalue weighted by molar-refractivity contribution is -0.132. The SMILES string of the molecule is O=C(CCc1ccco1)N1CCC2(CC1)Nc1ccccc1S(=O)(=O)N2. The summed E-state index contributed by atoms with van der Waals surface area (Å²) in [7, 11) is -3.56. The number of carbonyl (C=O) groups excluding carboxylic acids is 1. The van der Waals surface area contributed by atoms with Crippen LogP contribution < -0.4 is 10.0 Å². The lowest BCUT2D eigenvalue weighted by Gasteiger charge is -2.45. The second kappa shape index (κ2) is 6.44. The van der Waals surface area contributed by atoms with Crippen LogP contribution in [0.25, 0.3) is 0 Å². The summed E-state index contributed by atoms with van der Waals surface area (Å²) >= 11 is 0. The topological polar surface area (TPSA) is 91.7 Å². The zero-order chi connectivity index (χ0) is 18.2. The fourth-order valence-electron chi connectivity index (χ4n) is 3.61. The molecule has 7 nitrogen and oxygen atoms in total. The third kappa shape index (κ3) is 3.22. The van der Waals surface area contributed by atoms with Gasteiger partial charge in [-0.05, 0) is 24.3 Å². The maximum atomic E-state index is 12.6. The number of piperidine rings is 1. The first-order valence-corrected chi connectivity index (χ1v) is 10.2. The molecule has 0 saturated carbocycles. The molecule has 1 aromatic heterocycles. The average molecular weight is 375 g/mol. The maximum Gasteiger partial charge on any atom is 0.244 e. The standard InChI is InChI=1S/C18H21N3O4S/c22-17(8-7-14-4-3-13-25-14)21-11-9-18(10-12-21)19-15-5-1-2-6-16(15)26(23,24)20-18/h1-6,13,19-20H,7-12H2. The molecule has 138 valence electrons. The highest BCUT2D eigenvalue weighted by atomic mass is 32.2. The van der Waals surface area contributed by atoms with Crippen LogP contribution in [0.1, 0.15) is 25.0 Å². The summed E-state index contributed by atoms with van der Waals surface area (Å²) in [6.07, 6.45) is 3.61. The van der Waals surface area contributed by atoms with E-state index >= 15 is 0 Å². The smallest absolute Gasteiger partial charge is 0.244 e. The molecule has 2 aliphatic heterocycles. The molecule has 1 fully saturated rings. The van der Waals surface area contributed by atoms with Crippen molar-refractivity contribution in [1.82, 2.24) is 9.62 Å². The first-order chi connectivity index (χ1) is 12.5. The molecular weight excluding hydrogens is 354 g/mol. The first-order valence-electron chi connectivity index (χ1n) is 8.69. The number of aryl methyl sites for hydroxylation is 1. The van der Waals surface area contributed by atoms with Crippen molar-refractivity contribution >= 4 is 21.6 Å². The van der Waals surface area contributed by atoms with Gasteiger partial charge in [0.15, 0.2) is 0 Å². The Balaban J connectivity index is 1.41. The zero-order valence-corrected chi connectivity index (χ0v) is 15.1. The van der Waals surface area contributed by atoms with Gasteiger partial charge in [0.1, 0.15) is 16.3 Å². The van der Waals surface area contributed by atoms with Gasteiger partial charge in [-0.25, -0.2) is 8.42 Å². The largest absolute Gasteiger partial charge is 0.469 e. The molecule has 1 aromatic carbocycles. The van der Waals surface area contributed by atoms with Gasteiger partial charge in [0.2, 0.25) is 15.9 Å². The first kappa shape index (κ1) is 17.1. The Hall–Kier alpha value is -2.32. The van der Waals surface area contributed by atoms with Crippen LogP contribution in [0.2, 0.25) is 0 Å². The van der Waals surface area contributed by atoms with Gasteiger partial charge in [-0.15, -0.1) is 0 Å². The molecular formula is C18H21N3O4S. The minimum absolute atomic E-state index is 0.0651. The zero-order valence-electron chi connectivity index (χ0n) is 14.3. The second-order valence-corrected chi connectivity index (χ2v) is 8.42. The number of benzene rings is 1. The van der Waals surface area contributed by atoms with Crippen molar-refractivity contribution in [2.45, 2.75) is 36.2 Å². The van der Waals surface area contributed by atoms with Gasteiger partial charge in [-0.3, -0.25) is 4.79 Å². The molecule has 0 unspecified atom stereocenters. The number of hydrogen-bond donors (Lipinski definition) is 2. The van der Waals surface area contributed by atoms with Crippen LogP contribution in [0.5, 0.6) is 0 Å². The predicted molar refractivity (Wildman–Crippen MR) is 96.0 cm³/mol. The van der Waals surface area contributed by atoms with Gasteiger partial charge in [0.05, 0.1) is 12.0 Å². The number of hydrogen-bond acceptors (Lipinski definition) is 5. The van der Waals surface area contributed by atoms with E-state index in [1.54, 1.807) is 29.4 Å². The van der Waals surface area contributed by atoms with Crippen LogP contribution in [0.3, 0.4) is 0 Å². The Labute approximate surface area is 152 Å². The normalized spacial score (nSPS) is 20.4. The van der Waals surface area contributed by atoms with Gasteiger partial charge in [-0.2, -0.15) is 4.72 Å². The number of likely N-dealkylation sites (tertiary alicyclic amines) is 1. The average Bonchev–Trinajstić information content (AvgIpc) is 3.13. The maximum absolute atomic E-state index is 12.6. The molecule has 2 N–H and O–H groups in total. The molecule has 8 heteroatoms. The number of para-hydroxylation sites is 1. The van der Waals surface area contributed by atoms with Crippen molar-refractivity contribution in [3.63, 3.8) is 0 Å². The fourth-order valence-corrected chi connectivity index (χ4v) is 5.15. The number of sulfonamides is 1. The van der Waals surface area contributed by atoms with Gasteiger partial charge in [0, 0.05) is 38.8 Å². The fraction of sp³-hybridized carbons (Fsp3) is 0.389. The van der Waals surface area contributed by atoms with Gasteiger partial charge >= 0.3 is 0 Å². The van der Waals surface area contributed by atoms with Crippen molar-refractivity contribution < 1.29 is 17.6 Å². The number of nitrogens with one attached hydrogen (secondary N) is 2. The molecule has 3 heterocycles. The van der Waals surface area contributed by atoms with Crippen LogP contribution in [-0.2, 0) is 21.2 Å². The summed E-state index contributed by atoms with van der Waals surface area (Å²) in [6.45, 7) is 1.02.